The average Bonchev–Trinajstić information content (AvgIpc) is 2.55. The summed E-state index contributed by atoms with van der Waals surface area (Å²) in [5, 5.41) is 3.09. The number of aromatic nitrogens is 1. The smallest absolute Gasteiger partial charge is 0.371 e. The van der Waals surface area contributed by atoms with Crippen LogP contribution in [-0.4, -0.2) is 19.7 Å². The van der Waals surface area contributed by atoms with Gasteiger partial charge in [0.2, 0.25) is 5.69 Å². The molecular formula is C16H15F4N2O+. The average molecular weight is 327 g/mol. The number of nitrogens with one attached hydrogen (secondary N) is 1. The Hall–Kier alpha value is -1.99. The molecule has 7 heteroatoms. The van der Waals surface area contributed by atoms with Crippen molar-refractivity contribution in [1.82, 2.24) is 5.32 Å². The molecule has 0 spiro atoms. The Kier molecular flexibility index (Phi) is 4.32. The molecule has 23 heavy (non-hydrogen) atoms. The van der Waals surface area contributed by atoms with Gasteiger partial charge in [0.15, 0.2) is 6.20 Å². The monoisotopic (exact) mass is 327 g/mol. The Labute approximate surface area is 130 Å². The molecule has 3 nitrogen and oxygen atoms in total. The summed E-state index contributed by atoms with van der Waals surface area (Å²) in [7, 11) is 0. The van der Waals surface area contributed by atoms with Gasteiger partial charge in [-0.05, 0) is 12.1 Å². The zero-order valence-electron chi connectivity index (χ0n) is 12.1. The zero-order chi connectivity index (χ0) is 16.4. The van der Waals surface area contributed by atoms with Gasteiger partial charge in [-0.2, -0.15) is 17.7 Å². The highest BCUT2D eigenvalue weighted by atomic mass is 19.4. The van der Waals surface area contributed by atoms with Gasteiger partial charge >= 0.3 is 6.18 Å². The van der Waals surface area contributed by atoms with E-state index in [1.165, 1.54) is 30.5 Å². The predicted molar refractivity (Wildman–Crippen MR) is 74.5 cm³/mol. The maximum Gasteiger partial charge on any atom is 0.477 e. The zero-order valence-corrected chi connectivity index (χ0v) is 12.1. The number of alkyl halides is 3. The quantitative estimate of drug-likeness (QED) is 0.678. The first-order chi connectivity index (χ1) is 11.0. The van der Waals surface area contributed by atoms with Gasteiger partial charge in [-0.1, -0.05) is 0 Å². The van der Waals surface area contributed by atoms with Gasteiger partial charge in [-0.15, -0.1) is 0 Å². The van der Waals surface area contributed by atoms with E-state index < -0.39 is 23.8 Å². The molecule has 1 aliphatic rings. The van der Waals surface area contributed by atoms with E-state index in [0.717, 1.165) is 16.7 Å². The first kappa shape index (κ1) is 15.9. The third-order valence-corrected chi connectivity index (χ3v) is 3.69. The molecular weight excluding hydrogens is 312 g/mol. The second-order valence-corrected chi connectivity index (χ2v) is 5.22. The van der Waals surface area contributed by atoms with Crippen molar-refractivity contribution in [3.05, 3.63) is 59.7 Å². The van der Waals surface area contributed by atoms with Gasteiger partial charge in [0, 0.05) is 42.9 Å². The van der Waals surface area contributed by atoms with E-state index in [0.29, 0.717) is 25.3 Å². The fraction of sp³-hybridized carbons (Fsp3) is 0.312. The summed E-state index contributed by atoms with van der Waals surface area (Å²) in [6.07, 6.45) is -3.69. The Morgan fingerprint density at radius 3 is 2.65 bits per heavy atom. The molecule has 0 saturated carbocycles. The summed E-state index contributed by atoms with van der Waals surface area (Å²) in [4.78, 5) is 0. The molecule has 0 radical (unpaired) electrons. The molecule has 1 aromatic heterocycles. The summed E-state index contributed by atoms with van der Waals surface area (Å²) in [5.74, 6) is -0.583. The van der Waals surface area contributed by atoms with Crippen LogP contribution in [0.1, 0.15) is 17.4 Å². The molecule has 1 atom stereocenters. The molecule has 122 valence electrons. The second kappa shape index (κ2) is 6.25. The Morgan fingerprint density at radius 2 is 2.00 bits per heavy atom. The number of pyridine rings is 1. The number of benzene rings is 1. The number of morpholine rings is 1. The number of hydrogen-bond acceptors (Lipinski definition) is 2. The van der Waals surface area contributed by atoms with Crippen LogP contribution < -0.4 is 9.88 Å². The van der Waals surface area contributed by atoms with Crippen molar-refractivity contribution in [3.63, 3.8) is 0 Å². The lowest BCUT2D eigenvalue weighted by atomic mass is 10.1. The molecule has 1 N–H and O–H groups in total. The molecule has 1 saturated heterocycles. The molecule has 1 aliphatic heterocycles. The standard InChI is InChI=1S/C16H15F4N2O/c17-13-9-11(4-5-12(13)14-10-21-6-8-23-14)22-7-2-1-3-15(22)16(18,19)20/h1-5,7,9,14,21H,6,8,10H2/q+1/t14-/m0/s1. The highest BCUT2D eigenvalue weighted by molar-refractivity contribution is 5.31. The summed E-state index contributed by atoms with van der Waals surface area (Å²) >= 11 is 0. The predicted octanol–water partition coefficient (Wildman–Crippen LogP) is 2.78. The summed E-state index contributed by atoms with van der Waals surface area (Å²) in [6.45, 7) is 1.64. The van der Waals surface area contributed by atoms with Crippen molar-refractivity contribution >= 4 is 0 Å². The number of ether oxygens (including phenoxy) is 1. The fourth-order valence-corrected chi connectivity index (χ4v) is 2.59. The summed E-state index contributed by atoms with van der Waals surface area (Å²) < 4.78 is 59.9. The minimum Gasteiger partial charge on any atom is -0.371 e. The van der Waals surface area contributed by atoms with Crippen molar-refractivity contribution in [2.45, 2.75) is 12.3 Å². The first-order valence-electron chi connectivity index (χ1n) is 7.17. The van der Waals surface area contributed by atoms with Crippen LogP contribution in [0.5, 0.6) is 0 Å². The maximum atomic E-state index is 14.3. The van der Waals surface area contributed by atoms with E-state index in [9.17, 15) is 17.6 Å². The van der Waals surface area contributed by atoms with Gasteiger partial charge in [-0.25, -0.2) is 4.39 Å². The summed E-state index contributed by atoms with van der Waals surface area (Å²) in [6, 6.07) is 7.76. The van der Waals surface area contributed by atoms with E-state index in [1.807, 2.05) is 0 Å². The number of halogens is 4. The molecule has 1 fully saturated rings. The van der Waals surface area contributed by atoms with Crippen LogP contribution >= 0.6 is 0 Å². The molecule has 2 aromatic rings. The van der Waals surface area contributed by atoms with Crippen LogP contribution in [-0.2, 0) is 10.9 Å². The Balaban J connectivity index is 1.98. The van der Waals surface area contributed by atoms with Crippen molar-refractivity contribution in [2.75, 3.05) is 19.7 Å². The molecule has 1 aromatic carbocycles. The maximum absolute atomic E-state index is 14.3. The molecule has 0 aliphatic carbocycles. The third kappa shape index (κ3) is 3.35. The molecule has 0 bridgehead atoms. The molecule has 0 amide bonds. The highest BCUT2D eigenvalue weighted by Gasteiger charge is 2.41. The van der Waals surface area contributed by atoms with Gasteiger partial charge in [-0.3, -0.25) is 0 Å². The second-order valence-electron chi connectivity index (χ2n) is 5.22. The van der Waals surface area contributed by atoms with Crippen LogP contribution in [0.25, 0.3) is 5.69 Å². The minimum atomic E-state index is -4.52. The van der Waals surface area contributed by atoms with Crippen LogP contribution in [0.2, 0.25) is 0 Å². The molecule has 2 heterocycles. The largest absolute Gasteiger partial charge is 0.477 e. The lowest BCUT2D eigenvalue weighted by Gasteiger charge is -2.24. The Morgan fingerprint density at radius 1 is 1.17 bits per heavy atom. The Bertz CT molecular complexity index is 697. The van der Waals surface area contributed by atoms with Crippen LogP contribution in [0.3, 0.4) is 0 Å². The lowest BCUT2D eigenvalue weighted by Crippen LogP contribution is -2.39. The molecule has 3 rings (SSSR count). The normalized spacial score (nSPS) is 18.9. The third-order valence-electron chi connectivity index (χ3n) is 3.69. The van der Waals surface area contributed by atoms with Crippen molar-refractivity contribution in [1.29, 1.82) is 0 Å². The van der Waals surface area contributed by atoms with E-state index in [2.05, 4.69) is 5.32 Å². The van der Waals surface area contributed by atoms with Gasteiger partial charge in [0.25, 0.3) is 5.69 Å². The van der Waals surface area contributed by atoms with Crippen LogP contribution in [0, 0.1) is 5.82 Å². The van der Waals surface area contributed by atoms with Gasteiger partial charge in [0.05, 0.1) is 12.7 Å². The van der Waals surface area contributed by atoms with E-state index >= 15 is 0 Å². The number of rotatable bonds is 2. The SMILES string of the molecule is Fc1cc(-[n+]2ccccc2C(F)(F)F)ccc1[C@@H]1CNCCO1. The van der Waals surface area contributed by atoms with Crippen LogP contribution in [0.4, 0.5) is 17.6 Å². The lowest BCUT2D eigenvalue weighted by molar-refractivity contribution is -0.620. The van der Waals surface area contributed by atoms with Gasteiger partial charge < -0.3 is 10.1 Å². The van der Waals surface area contributed by atoms with E-state index in [-0.39, 0.29) is 5.69 Å². The van der Waals surface area contributed by atoms with Crippen molar-refractivity contribution in [2.24, 2.45) is 0 Å². The molecule has 0 unspecified atom stereocenters. The minimum absolute atomic E-state index is 0.114. The highest BCUT2D eigenvalue weighted by Crippen LogP contribution is 2.28. The van der Waals surface area contributed by atoms with Crippen molar-refractivity contribution in [3.8, 4) is 5.69 Å². The first-order valence-corrected chi connectivity index (χ1v) is 7.17. The fourth-order valence-electron chi connectivity index (χ4n) is 2.59. The number of nitrogens with zero attached hydrogens (tertiary/aromatic N) is 1. The van der Waals surface area contributed by atoms with Gasteiger partial charge in [0.1, 0.15) is 5.82 Å². The number of hydrogen-bond donors (Lipinski definition) is 1. The van der Waals surface area contributed by atoms with E-state index in [4.69, 9.17) is 4.74 Å². The topological polar surface area (TPSA) is 25.1 Å². The van der Waals surface area contributed by atoms with Crippen molar-refractivity contribution < 1.29 is 26.9 Å². The van der Waals surface area contributed by atoms with Crippen LogP contribution in [0.15, 0.2) is 42.6 Å². The van der Waals surface area contributed by atoms with E-state index in [1.54, 1.807) is 0 Å². The summed E-state index contributed by atoms with van der Waals surface area (Å²) in [5.41, 5.74) is -0.406.